The molecule has 0 spiro atoms. The molecule has 0 amide bonds. The lowest BCUT2D eigenvalue weighted by Crippen LogP contribution is -2.07. The molecule has 0 atom stereocenters. The lowest BCUT2D eigenvalue weighted by molar-refractivity contribution is -0.137. The molecule has 0 radical (unpaired) electrons. The third kappa shape index (κ3) is 2.55. The van der Waals surface area contributed by atoms with Crippen molar-refractivity contribution in [2.75, 3.05) is 0 Å². The predicted octanol–water partition coefficient (Wildman–Crippen LogP) is 4.43. The van der Waals surface area contributed by atoms with Crippen LogP contribution in [0.25, 0.3) is 11.3 Å². The van der Waals surface area contributed by atoms with Crippen LogP contribution in [0, 0.1) is 4.51 Å². The normalized spacial score (nSPS) is 11.5. The van der Waals surface area contributed by atoms with Crippen LogP contribution in [0.4, 0.5) is 13.2 Å². The molecule has 1 N–H and O–H groups in total. The molecule has 1 aromatic carbocycles. The summed E-state index contributed by atoms with van der Waals surface area (Å²) in [5, 5.41) is 0. The molecule has 1 heterocycles. The van der Waals surface area contributed by atoms with Gasteiger partial charge >= 0.3 is 6.18 Å². The standard InChI is InChI=1S/C12H8F3NS/c13-12(14,15)10-4-2-1-3-9(10)11-7-8(17)5-6-16-11/h1-7H,(H,16,17). The van der Waals surface area contributed by atoms with Gasteiger partial charge in [0.05, 0.1) is 5.56 Å². The maximum atomic E-state index is 12.8. The fourth-order valence-electron chi connectivity index (χ4n) is 1.57. The first-order valence-electron chi connectivity index (χ1n) is 4.84. The molecule has 88 valence electrons. The maximum Gasteiger partial charge on any atom is 0.417 e. The number of benzene rings is 1. The number of hydrogen-bond acceptors (Lipinski definition) is 1. The van der Waals surface area contributed by atoms with Crippen LogP contribution in [0.15, 0.2) is 42.6 Å². The van der Waals surface area contributed by atoms with Crippen LogP contribution < -0.4 is 0 Å². The second kappa shape index (κ2) is 4.33. The SMILES string of the molecule is FC(F)(F)c1ccccc1-c1cc(=S)cc[nH]1. The van der Waals surface area contributed by atoms with E-state index in [1.807, 2.05) is 0 Å². The Bertz CT molecular complexity index is 587. The topological polar surface area (TPSA) is 15.8 Å². The monoisotopic (exact) mass is 255 g/mol. The third-order valence-corrected chi connectivity index (χ3v) is 2.55. The van der Waals surface area contributed by atoms with Gasteiger partial charge in [0.15, 0.2) is 0 Å². The number of hydrogen-bond donors (Lipinski definition) is 1. The van der Waals surface area contributed by atoms with Gasteiger partial charge in [-0.2, -0.15) is 13.2 Å². The van der Waals surface area contributed by atoms with Gasteiger partial charge in [-0.05, 0) is 18.2 Å². The van der Waals surface area contributed by atoms with Crippen LogP contribution in [0.1, 0.15) is 5.56 Å². The van der Waals surface area contributed by atoms with Crippen molar-refractivity contribution in [3.63, 3.8) is 0 Å². The molecule has 2 aromatic rings. The Hall–Kier alpha value is -1.62. The maximum absolute atomic E-state index is 12.8. The van der Waals surface area contributed by atoms with Gasteiger partial charge in [-0.1, -0.05) is 30.4 Å². The molecule has 0 fully saturated rings. The molecule has 1 nitrogen and oxygen atoms in total. The van der Waals surface area contributed by atoms with Gasteiger partial charge in [-0.3, -0.25) is 0 Å². The molecule has 0 aliphatic rings. The van der Waals surface area contributed by atoms with E-state index in [1.54, 1.807) is 12.1 Å². The zero-order valence-corrected chi connectivity index (χ0v) is 9.40. The largest absolute Gasteiger partial charge is 0.417 e. The third-order valence-electron chi connectivity index (χ3n) is 2.30. The van der Waals surface area contributed by atoms with Crippen LogP contribution >= 0.6 is 12.2 Å². The van der Waals surface area contributed by atoms with E-state index >= 15 is 0 Å². The van der Waals surface area contributed by atoms with Gasteiger partial charge in [0.2, 0.25) is 0 Å². The molecule has 0 aliphatic heterocycles. The molecule has 5 heteroatoms. The van der Waals surface area contributed by atoms with E-state index in [-0.39, 0.29) is 5.56 Å². The Labute approximate surface area is 101 Å². The second-order valence-corrected chi connectivity index (χ2v) is 3.95. The predicted molar refractivity (Wildman–Crippen MR) is 62.1 cm³/mol. The van der Waals surface area contributed by atoms with E-state index in [0.29, 0.717) is 10.2 Å². The van der Waals surface area contributed by atoms with E-state index < -0.39 is 11.7 Å². The Morgan fingerprint density at radius 2 is 1.76 bits per heavy atom. The first-order valence-corrected chi connectivity index (χ1v) is 5.24. The number of alkyl halides is 3. The fraction of sp³-hybridized carbons (Fsp3) is 0.0833. The average Bonchev–Trinajstić information content (AvgIpc) is 2.28. The highest BCUT2D eigenvalue weighted by Crippen LogP contribution is 2.36. The highest BCUT2D eigenvalue weighted by Gasteiger charge is 2.33. The zero-order valence-electron chi connectivity index (χ0n) is 8.58. The summed E-state index contributed by atoms with van der Waals surface area (Å²) in [5.41, 5.74) is -0.200. The van der Waals surface area contributed by atoms with Crippen LogP contribution in [0.2, 0.25) is 0 Å². The zero-order chi connectivity index (χ0) is 12.5. The van der Waals surface area contributed by atoms with E-state index in [9.17, 15) is 13.2 Å². The minimum atomic E-state index is -4.37. The summed E-state index contributed by atoms with van der Waals surface area (Å²) in [6.45, 7) is 0. The summed E-state index contributed by atoms with van der Waals surface area (Å²) in [6, 6.07) is 8.54. The van der Waals surface area contributed by atoms with Crippen molar-refractivity contribution >= 4 is 12.2 Å². The second-order valence-electron chi connectivity index (χ2n) is 3.48. The van der Waals surface area contributed by atoms with E-state index in [4.69, 9.17) is 12.2 Å². The molecular formula is C12H8F3NS. The molecule has 17 heavy (non-hydrogen) atoms. The van der Waals surface area contributed by atoms with Crippen LogP contribution in [-0.2, 0) is 6.18 Å². The summed E-state index contributed by atoms with van der Waals surface area (Å²) in [6.07, 6.45) is -2.84. The lowest BCUT2D eigenvalue weighted by atomic mass is 10.0. The fourth-order valence-corrected chi connectivity index (χ4v) is 1.75. The minimum Gasteiger partial charge on any atom is -0.361 e. The first kappa shape index (κ1) is 11.9. The van der Waals surface area contributed by atoms with Crippen molar-refractivity contribution in [1.82, 2.24) is 4.98 Å². The highest BCUT2D eigenvalue weighted by molar-refractivity contribution is 7.71. The molecule has 0 aliphatic carbocycles. The van der Waals surface area contributed by atoms with Crippen LogP contribution in [-0.4, -0.2) is 4.98 Å². The van der Waals surface area contributed by atoms with Gasteiger partial charge < -0.3 is 4.98 Å². The molecular weight excluding hydrogens is 247 g/mol. The van der Waals surface area contributed by atoms with Crippen molar-refractivity contribution in [1.29, 1.82) is 0 Å². The van der Waals surface area contributed by atoms with Gasteiger partial charge in [-0.25, -0.2) is 0 Å². The molecule has 1 aromatic heterocycles. The van der Waals surface area contributed by atoms with Crippen LogP contribution in [0.5, 0.6) is 0 Å². The average molecular weight is 255 g/mol. The molecule has 0 saturated heterocycles. The Balaban J connectivity index is 2.64. The minimum absolute atomic E-state index is 0.103. The summed E-state index contributed by atoms with van der Waals surface area (Å²) >= 11 is 4.93. The number of aromatic nitrogens is 1. The van der Waals surface area contributed by atoms with Crippen molar-refractivity contribution in [2.45, 2.75) is 6.18 Å². The van der Waals surface area contributed by atoms with Crippen LogP contribution in [0.3, 0.4) is 0 Å². The highest BCUT2D eigenvalue weighted by atomic mass is 32.1. The van der Waals surface area contributed by atoms with Crippen molar-refractivity contribution in [3.8, 4) is 11.3 Å². The molecule has 2 rings (SSSR count). The molecule has 0 saturated carbocycles. The quantitative estimate of drug-likeness (QED) is 0.745. The van der Waals surface area contributed by atoms with Gasteiger partial charge in [-0.15, -0.1) is 0 Å². The summed E-state index contributed by atoms with van der Waals surface area (Å²) < 4.78 is 38.9. The van der Waals surface area contributed by atoms with E-state index in [2.05, 4.69) is 4.98 Å². The molecule has 0 bridgehead atoms. The number of aromatic amines is 1. The van der Waals surface area contributed by atoms with E-state index in [1.165, 1.54) is 24.4 Å². The Kier molecular flexibility index (Phi) is 3.02. The van der Waals surface area contributed by atoms with Gasteiger partial charge in [0.25, 0.3) is 0 Å². The van der Waals surface area contributed by atoms with Crippen molar-refractivity contribution in [2.24, 2.45) is 0 Å². The smallest absolute Gasteiger partial charge is 0.361 e. The summed E-state index contributed by atoms with van der Waals surface area (Å²) in [4.78, 5) is 2.77. The number of halogens is 3. The number of rotatable bonds is 1. The Morgan fingerprint density at radius 3 is 2.41 bits per heavy atom. The first-order chi connectivity index (χ1) is 7.98. The number of H-pyrrole nitrogens is 1. The van der Waals surface area contributed by atoms with Crippen molar-refractivity contribution < 1.29 is 13.2 Å². The van der Waals surface area contributed by atoms with Gasteiger partial charge in [0, 0.05) is 22.0 Å². The number of pyridine rings is 1. The number of nitrogens with one attached hydrogen (secondary N) is 1. The summed E-state index contributed by atoms with van der Waals surface area (Å²) in [7, 11) is 0. The Morgan fingerprint density at radius 1 is 1.06 bits per heavy atom. The molecule has 0 unspecified atom stereocenters. The van der Waals surface area contributed by atoms with Crippen molar-refractivity contribution in [3.05, 3.63) is 52.7 Å². The van der Waals surface area contributed by atoms with E-state index in [0.717, 1.165) is 6.07 Å². The van der Waals surface area contributed by atoms with Gasteiger partial charge in [0.1, 0.15) is 0 Å². The lowest BCUT2D eigenvalue weighted by Gasteiger charge is -2.12. The summed E-state index contributed by atoms with van der Waals surface area (Å²) in [5.74, 6) is 0.